The van der Waals surface area contributed by atoms with Crippen LogP contribution in [0.25, 0.3) is 10.9 Å². The zero-order chi connectivity index (χ0) is 17.5. The van der Waals surface area contributed by atoms with Gasteiger partial charge in [-0.1, -0.05) is 0 Å². The molecule has 0 aliphatic carbocycles. The third kappa shape index (κ3) is 3.46. The number of hydrogen-bond donors (Lipinski definition) is 2. The van der Waals surface area contributed by atoms with Crippen molar-refractivity contribution in [1.82, 2.24) is 9.88 Å². The van der Waals surface area contributed by atoms with Crippen molar-refractivity contribution in [2.24, 2.45) is 5.92 Å². The Balaban J connectivity index is 1.71. The molecule has 5 heteroatoms. The molecular formula is C19H25FN2O2. The van der Waals surface area contributed by atoms with Crippen LogP contribution in [0.5, 0.6) is 0 Å². The van der Waals surface area contributed by atoms with Gasteiger partial charge >= 0.3 is 0 Å². The normalized spacial score (nSPS) is 16.8. The van der Waals surface area contributed by atoms with Gasteiger partial charge in [0.25, 0.3) is 5.91 Å². The first-order chi connectivity index (χ1) is 11.2. The smallest absolute Gasteiger partial charge is 0.270 e. The van der Waals surface area contributed by atoms with E-state index in [-0.39, 0.29) is 11.7 Å². The van der Waals surface area contributed by atoms with Gasteiger partial charge in [-0.2, -0.15) is 0 Å². The summed E-state index contributed by atoms with van der Waals surface area (Å²) < 4.78 is 13.7. The lowest BCUT2D eigenvalue weighted by Crippen LogP contribution is -2.40. The van der Waals surface area contributed by atoms with Crippen LogP contribution < -0.4 is 0 Å². The number of halogens is 1. The summed E-state index contributed by atoms with van der Waals surface area (Å²) in [6.07, 6.45) is 2.58. The Bertz CT molecular complexity index is 753. The van der Waals surface area contributed by atoms with Gasteiger partial charge in [-0.15, -0.1) is 0 Å². The van der Waals surface area contributed by atoms with Gasteiger partial charge in [0.05, 0.1) is 11.1 Å². The second kappa shape index (κ2) is 6.20. The maximum absolute atomic E-state index is 13.7. The Morgan fingerprint density at radius 2 is 2.04 bits per heavy atom. The molecule has 24 heavy (non-hydrogen) atoms. The van der Waals surface area contributed by atoms with Crippen molar-refractivity contribution in [1.29, 1.82) is 0 Å². The zero-order valence-corrected chi connectivity index (χ0v) is 14.5. The summed E-state index contributed by atoms with van der Waals surface area (Å²) in [7, 11) is 0. The van der Waals surface area contributed by atoms with Gasteiger partial charge in [-0.05, 0) is 64.2 Å². The molecule has 0 saturated carbocycles. The third-order valence-electron chi connectivity index (χ3n) is 4.91. The predicted molar refractivity (Wildman–Crippen MR) is 92.5 cm³/mol. The molecule has 1 amide bonds. The highest BCUT2D eigenvalue weighted by Gasteiger charge is 2.28. The number of fused-ring (bicyclic) bond motifs is 1. The van der Waals surface area contributed by atoms with Gasteiger partial charge in [0.15, 0.2) is 0 Å². The summed E-state index contributed by atoms with van der Waals surface area (Å²) >= 11 is 0. The number of aliphatic hydroxyl groups is 1. The Labute approximate surface area is 141 Å². The lowest BCUT2D eigenvalue weighted by Gasteiger charge is -2.34. The van der Waals surface area contributed by atoms with Crippen molar-refractivity contribution in [2.45, 2.75) is 45.6 Å². The highest BCUT2D eigenvalue weighted by molar-refractivity contribution is 5.98. The molecule has 4 nitrogen and oxygen atoms in total. The fourth-order valence-electron chi connectivity index (χ4n) is 3.65. The number of likely N-dealkylation sites (tertiary alicyclic amines) is 1. The van der Waals surface area contributed by atoms with E-state index >= 15 is 0 Å². The molecule has 1 aromatic carbocycles. The number of benzene rings is 1. The second-order valence-electron chi connectivity index (χ2n) is 7.57. The summed E-state index contributed by atoms with van der Waals surface area (Å²) in [6, 6.07) is 4.93. The van der Waals surface area contributed by atoms with Gasteiger partial charge in [-0.3, -0.25) is 4.79 Å². The van der Waals surface area contributed by atoms with Crippen LogP contribution in [-0.4, -0.2) is 39.6 Å². The van der Waals surface area contributed by atoms with Crippen LogP contribution in [0.4, 0.5) is 4.39 Å². The van der Waals surface area contributed by atoms with E-state index in [1.54, 1.807) is 19.1 Å². The number of aryl methyl sites for hydroxylation is 1. The van der Waals surface area contributed by atoms with Gasteiger partial charge in [0.1, 0.15) is 11.5 Å². The van der Waals surface area contributed by atoms with Crippen LogP contribution in [0.1, 0.15) is 49.2 Å². The number of amides is 1. The third-order valence-corrected chi connectivity index (χ3v) is 4.91. The molecule has 1 fully saturated rings. The van der Waals surface area contributed by atoms with Crippen LogP contribution in [0, 0.1) is 18.7 Å². The van der Waals surface area contributed by atoms with Gasteiger partial charge < -0.3 is 15.0 Å². The number of aromatic nitrogens is 1. The first kappa shape index (κ1) is 17.0. The second-order valence-corrected chi connectivity index (χ2v) is 7.57. The molecule has 0 spiro atoms. The fraction of sp³-hybridized carbons (Fsp3) is 0.526. The summed E-state index contributed by atoms with van der Waals surface area (Å²) in [4.78, 5) is 17.6. The average molecular weight is 332 g/mol. The maximum atomic E-state index is 13.7. The number of aromatic amines is 1. The van der Waals surface area contributed by atoms with E-state index in [2.05, 4.69) is 4.98 Å². The number of nitrogens with one attached hydrogen (secondary N) is 1. The Morgan fingerprint density at radius 3 is 2.67 bits per heavy atom. The Kier molecular flexibility index (Phi) is 4.38. The minimum absolute atomic E-state index is 0.0345. The summed E-state index contributed by atoms with van der Waals surface area (Å²) in [5.41, 5.74) is 1.08. The first-order valence-electron chi connectivity index (χ1n) is 8.54. The van der Waals surface area contributed by atoms with Crippen molar-refractivity contribution >= 4 is 16.8 Å². The van der Waals surface area contributed by atoms with E-state index in [9.17, 15) is 14.3 Å². The largest absolute Gasteiger partial charge is 0.390 e. The van der Waals surface area contributed by atoms with Crippen molar-refractivity contribution in [3.63, 3.8) is 0 Å². The zero-order valence-electron chi connectivity index (χ0n) is 14.5. The van der Waals surface area contributed by atoms with Crippen LogP contribution >= 0.6 is 0 Å². The standard InChI is InChI=1S/C19H25FN2O2/c1-12-15(20)5-4-14-10-16(21-17(12)14)18(23)22-8-6-13(7-9-22)11-19(2,3)24/h4-5,10,13,21,24H,6-9,11H2,1-3H3. The molecule has 3 rings (SSSR count). The highest BCUT2D eigenvalue weighted by Crippen LogP contribution is 2.28. The maximum Gasteiger partial charge on any atom is 0.270 e. The molecule has 2 heterocycles. The topological polar surface area (TPSA) is 56.3 Å². The molecule has 1 aromatic heterocycles. The average Bonchev–Trinajstić information content (AvgIpc) is 2.94. The molecule has 0 atom stereocenters. The number of H-pyrrole nitrogens is 1. The molecule has 130 valence electrons. The number of piperidine rings is 1. The van der Waals surface area contributed by atoms with E-state index in [1.807, 2.05) is 18.7 Å². The summed E-state index contributed by atoms with van der Waals surface area (Å²) in [5, 5.41) is 10.8. The quantitative estimate of drug-likeness (QED) is 0.902. The number of nitrogens with zero attached hydrogens (tertiary/aromatic N) is 1. The van der Waals surface area contributed by atoms with Gasteiger partial charge in [0.2, 0.25) is 0 Å². The Hall–Kier alpha value is -1.88. The molecule has 1 aliphatic heterocycles. The molecule has 2 aromatic rings. The highest BCUT2D eigenvalue weighted by atomic mass is 19.1. The fourth-order valence-corrected chi connectivity index (χ4v) is 3.65. The number of rotatable bonds is 3. The predicted octanol–water partition coefficient (Wildman–Crippen LogP) is 3.63. The lowest BCUT2D eigenvalue weighted by atomic mass is 9.86. The molecule has 0 bridgehead atoms. The van der Waals surface area contributed by atoms with E-state index in [0.29, 0.717) is 35.8 Å². The van der Waals surface area contributed by atoms with Crippen molar-refractivity contribution < 1.29 is 14.3 Å². The SMILES string of the molecule is Cc1c(F)ccc2cc(C(=O)N3CCC(CC(C)(C)O)CC3)[nH]c12. The van der Waals surface area contributed by atoms with Crippen LogP contribution in [0.3, 0.4) is 0 Å². The number of hydrogen-bond acceptors (Lipinski definition) is 2. The Morgan fingerprint density at radius 1 is 1.38 bits per heavy atom. The minimum atomic E-state index is -0.657. The molecular weight excluding hydrogens is 307 g/mol. The van der Waals surface area contributed by atoms with Crippen molar-refractivity contribution in [3.05, 3.63) is 35.3 Å². The summed E-state index contributed by atoms with van der Waals surface area (Å²) in [5.74, 6) is 0.150. The van der Waals surface area contributed by atoms with Crippen LogP contribution in [0.15, 0.2) is 18.2 Å². The van der Waals surface area contributed by atoms with Crippen LogP contribution in [-0.2, 0) is 0 Å². The lowest BCUT2D eigenvalue weighted by molar-refractivity contribution is 0.0357. The van der Waals surface area contributed by atoms with E-state index < -0.39 is 5.60 Å². The number of carbonyl (C=O) groups is 1. The van der Waals surface area contributed by atoms with E-state index in [1.165, 1.54) is 6.07 Å². The van der Waals surface area contributed by atoms with Crippen LogP contribution in [0.2, 0.25) is 0 Å². The monoisotopic (exact) mass is 332 g/mol. The van der Waals surface area contributed by atoms with Crippen molar-refractivity contribution in [2.75, 3.05) is 13.1 Å². The minimum Gasteiger partial charge on any atom is -0.390 e. The van der Waals surface area contributed by atoms with Gasteiger partial charge in [-0.25, -0.2) is 4.39 Å². The number of carbonyl (C=O) groups excluding carboxylic acids is 1. The first-order valence-corrected chi connectivity index (χ1v) is 8.54. The molecule has 1 aliphatic rings. The molecule has 2 N–H and O–H groups in total. The van der Waals surface area contributed by atoms with Gasteiger partial charge in [0, 0.05) is 24.0 Å². The van der Waals surface area contributed by atoms with E-state index in [0.717, 1.165) is 24.6 Å². The molecule has 1 saturated heterocycles. The van der Waals surface area contributed by atoms with E-state index in [4.69, 9.17) is 0 Å². The molecule has 0 unspecified atom stereocenters. The summed E-state index contributed by atoms with van der Waals surface area (Å²) in [6.45, 7) is 6.77. The molecule has 0 radical (unpaired) electrons. The van der Waals surface area contributed by atoms with Crippen molar-refractivity contribution in [3.8, 4) is 0 Å².